The van der Waals surface area contributed by atoms with Crippen LogP contribution in [0.3, 0.4) is 0 Å². The standard InChI is InChI=1S/C20H26N2O2/c23-18-9-10-20(11-14-21-18)12-15-22(16-13-20)19(24)8-4-7-17-5-2-1-3-6-17/h1-7H,8-16H2,(H,21,23)/b7-4+. The van der Waals surface area contributed by atoms with E-state index in [1.165, 1.54) is 0 Å². The van der Waals surface area contributed by atoms with E-state index in [0.29, 0.717) is 12.8 Å². The number of rotatable bonds is 3. The molecule has 2 aliphatic heterocycles. The lowest BCUT2D eigenvalue weighted by atomic mass is 9.73. The molecule has 4 heteroatoms. The molecule has 128 valence electrons. The Kier molecular flexibility index (Phi) is 5.34. The van der Waals surface area contributed by atoms with Gasteiger partial charge in [0.2, 0.25) is 11.8 Å². The molecule has 0 saturated carbocycles. The van der Waals surface area contributed by atoms with Crippen LogP contribution in [-0.2, 0) is 9.59 Å². The minimum absolute atomic E-state index is 0.177. The van der Waals surface area contributed by atoms with Gasteiger partial charge in [0, 0.05) is 32.5 Å². The van der Waals surface area contributed by atoms with Crippen molar-refractivity contribution in [2.45, 2.75) is 38.5 Å². The van der Waals surface area contributed by atoms with Crippen LogP contribution >= 0.6 is 0 Å². The number of nitrogens with zero attached hydrogens (tertiary/aromatic N) is 1. The predicted molar refractivity (Wildman–Crippen MR) is 95.2 cm³/mol. The molecule has 3 rings (SSSR count). The monoisotopic (exact) mass is 326 g/mol. The Hall–Kier alpha value is -2.10. The van der Waals surface area contributed by atoms with Crippen LogP contribution in [0.4, 0.5) is 0 Å². The number of nitrogens with one attached hydrogen (secondary N) is 1. The van der Waals surface area contributed by atoms with Gasteiger partial charge in [0.1, 0.15) is 0 Å². The number of piperidine rings is 1. The summed E-state index contributed by atoms with van der Waals surface area (Å²) >= 11 is 0. The minimum atomic E-state index is 0.177. The SMILES string of the molecule is O=C1CCC2(CCN1)CCN(C(=O)C/C=C/c1ccccc1)CC2. The smallest absolute Gasteiger partial charge is 0.226 e. The van der Waals surface area contributed by atoms with Gasteiger partial charge in [-0.2, -0.15) is 0 Å². The van der Waals surface area contributed by atoms with Gasteiger partial charge >= 0.3 is 0 Å². The van der Waals surface area contributed by atoms with Gasteiger partial charge < -0.3 is 10.2 Å². The highest BCUT2D eigenvalue weighted by atomic mass is 16.2. The quantitative estimate of drug-likeness (QED) is 0.928. The van der Waals surface area contributed by atoms with Crippen molar-refractivity contribution in [3.63, 3.8) is 0 Å². The van der Waals surface area contributed by atoms with Crippen LogP contribution in [0, 0.1) is 5.41 Å². The molecule has 1 aromatic rings. The van der Waals surface area contributed by atoms with Crippen molar-refractivity contribution in [2.24, 2.45) is 5.41 Å². The largest absolute Gasteiger partial charge is 0.356 e. The number of hydrogen-bond acceptors (Lipinski definition) is 2. The van der Waals surface area contributed by atoms with E-state index in [4.69, 9.17) is 0 Å². The van der Waals surface area contributed by atoms with Crippen molar-refractivity contribution < 1.29 is 9.59 Å². The first-order valence-corrected chi connectivity index (χ1v) is 8.93. The molecule has 0 aromatic heterocycles. The lowest BCUT2D eigenvalue weighted by molar-refractivity contribution is -0.133. The highest BCUT2D eigenvalue weighted by molar-refractivity contribution is 5.79. The topological polar surface area (TPSA) is 49.4 Å². The van der Waals surface area contributed by atoms with Gasteiger partial charge in [0.15, 0.2) is 0 Å². The highest BCUT2D eigenvalue weighted by Gasteiger charge is 2.36. The third-order valence-corrected chi connectivity index (χ3v) is 5.44. The first-order valence-electron chi connectivity index (χ1n) is 8.93. The van der Waals surface area contributed by atoms with Crippen molar-refractivity contribution in [2.75, 3.05) is 19.6 Å². The molecular formula is C20H26N2O2. The number of likely N-dealkylation sites (tertiary alicyclic amines) is 1. The van der Waals surface area contributed by atoms with E-state index in [9.17, 15) is 9.59 Å². The van der Waals surface area contributed by atoms with Crippen LogP contribution in [0.1, 0.15) is 44.1 Å². The zero-order valence-corrected chi connectivity index (χ0v) is 14.2. The van der Waals surface area contributed by atoms with Crippen molar-refractivity contribution in [1.29, 1.82) is 0 Å². The number of carbonyl (C=O) groups excluding carboxylic acids is 2. The summed E-state index contributed by atoms with van der Waals surface area (Å²) in [6, 6.07) is 10.1. The molecule has 2 amide bonds. The Bertz CT molecular complexity index is 601. The first kappa shape index (κ1) is 16.7. The highest BCUT2D eigenvalue weighted by Crippen LogP contribution is 2.40. The summed E-state index contributed by atoms with van der Waals surface area (Å²) in [5.41, 5.74) is 1.38. The second-order valence-electron chi connectivity index (χ2n) is 7.00. The van der Waals surface area contributed by atoms with Gasteiger partial charge in [-0.3, -0.25) is 9.59 Å². The molecule has 2 fully saturated rings. The van der Waals surface area contributed by atoms with E-state index < -0.39 is 0 Å². The van der Waals surface area contributed by atoms with Crippen LogP contribution < -0.4 is 5.32 Å². The van der Waals surface area contributed by atoms with E-state index in [1.807, 2.05) is 47.4 Å². The Labute approximate surface area is 143 Å². The summed E-state index contributed by atoms with van der Waals surface area (Å²) in [5, 5.41) is 2.96. The van der Waals surface area contributed by atoms with E-state index in [1.54, 1.807) is 0 Å². The maximum atomic E-state index is 12.4. The lowest BCUT2D eigenvalue weighted by Crippen LogP contribution is -2.43. The summed E-state index contributed by atoms with van der Waals surface area (Å²) in [5.74, 6) is 0.385. The molecule has 0 radical (unpaired) electrons. The average Bonchev–Trinajstić information content (AvgIpc) is 2.78. The Balaban J connectivity index is 1.48. The van der Waals surface area contributed by atoms with E-state index >= 15 is 0 Å². The summed E-state index contributed by atoms with van der Waals surface area (Å²) in [6.07, 6.45) is 9.12. The van der Waals surface area contributed by atoms with Crippen molar-refractivity contribution in [3.8, 4) is 0 Å². The molecule has 4 nitrogen and oxygen atoms in total. The van der Waals surface area contributed by atoms with Crippen LogP contribution in [0.15, 0.2) is 36.4 Å². The fraction of sp³-hybridized carbons (Fsp3) is 0.500. The van der Waals surface area contributed by atoms with Crippen LogP contribution in [0.5, 0.6) is 0 Å². The second kappa shape index (κ2) is 7.65. The van der Waals surface area contributed by atoms with E-state index in [-0.39, 0.29) is 17.2 Å². The fourth-order valence-electron chi connectivity index (χ4n) is 3.78. The molecule has 1 N–H and O–H groups in total. The maximum Gasteiger partial charge on any atom is 0.226 e. The van der Waals surface area contributed by atoms with Gasteiger partial charge in [-0.1, -0.05) is 42.5 Å². The predicted octanol–water partition coefficient (Wildman–Crippen LogP) is 3.00. The molecule has 2 saturated heterocycles. The Morgan fingerprint density at radius 3 is 2.62 bits per heavy atom. The van der Waals surface area contributed by atoms with E-state index in [0.717, 1.165) is 50.9 Å². The third kappa shape index (κ3) is 4.25. The molecule has 0 atom stereocenters. The fourth-order valence-corrected chi connectivity index (χ4v) is 3.78. The van der Waals surface area contributed by atoms with Gasteiger partial charge in [-0.05, 0) is 36.7 Å². The number of carbonyl (C=O) groups is 2. The normalized spacial score (nSPS) is 20.8. The molecule has 0 bridgehead atoms. The molecule has 2 aliphatic rings. The van der Waals surface area contributed by atoms with Crippen molar-refractivity contribution in [1.82, 2.24) is 10.2 Å². The number of hydrogen-bond donors (Lipinski definition) is 1. The summed E-state index contributed by atoms with van der Waals surface area (Å²) in [4.78, 5) is 25.9. The molecule has 0 unspecified atom stereocenters. The Morgan fingerprint density at radius 2 is 1.88 bits per heavy atom. The minimum Gasteiger partial charge on any atom is -0.356 e. The van der Waals surface area contributed by atoms with Crippen LogP contribution in [-0.4, -0.2) is 36.3 Å². The van der Waals surface area contributed by atoms with Crippen LogP contribution in [0.25, 0.3) is 6.08 Å². The van der Waals surface area contributed by atoms with Crippen LogP contribution in [0.2, 0.25) is 0 Å². The number of benzene rings is 1. The number of amides is 2. The molecule has 2 heterocycles. The zero-order chi connectivity index (χ0) is 16.8. The van der Waals surface area contributed by atoms with Crippen molar-refractivity contribution >= 4 is 17.9 Å². The van der Waals surface area contributed by atoms with Gasteiger partial charge in [-0.15, -0.1) is 0 Å². The second-order valence-corrected chi connectivity index (χ2v) is 7.00. The van der Waals surface area contributed by atoms with Gasteiger partial charge in [0.25, 0.3) is 0 Å². The molecular weight excluding hydrogens is 300 g/mol. The Morgan fingerprint density at radius 1 is 1.12 bits per heavy atom. The maximum absolute atomic E-state index is 12.4. The first-order chi connectivity index (χ1) is 11.7. The van der Waals surface area contributed by atoms with Gasteiger partial charge in [-0.25, -0.2) is 0 Å². The molecule has 0 aliphatic carbocycles. The lowest BCUT2D eigenvalue weighted by Gasteiger charge is -2.41. The summed E-state index contributed by atoms with van der Waals surface area (Å²) in [7, 11) is 0. The zero-order valence-electron chi connectivity index (χ0n) is 14.2. The molecule has 1 aromatic carbocycles. The molecule has 1 spiro atoms. The van der Waals surface area contributed by atoms with E-state index in [2.05, 4.69) is 5.32 Å². The third-order valence-electron chi connectivity index (χ3n) is 5.44. The summed E-state index contributed by atoms with van der Waals surface area (Å²) in [6.45, 7) is 2.44. The van der Waals surface area contributed by atoms with Crippen molar-refractivity contribution in [3.05, 3.63) is 42.0 Å². The average molecular weight is 326 g/mol. The molecule has 24 heavy (non-hydrogen) atoms. The van der Waals surface area contributed by atoms with Gasteiger partial charge in [0.05, 0.1) is 0 Å². The summed E-state index contributed by atoms with van der Waals surface area (Å²) < 4.78 is 0.